The monoisotopic (exact) mass is 392 g/mol. The van der Waals surface area contributed by atoms with Crippen molar-refractivity contribution in [3.05, 3.63) is 65.7 Å². The van der Waals surface area contributed by atoms with Crippen molar-refractivity contribution in [3.8, 4) is 11.4 Å². The number of nitrogens with zero attached hydrogens (tertiary/aromatic N) is 2. The molecule has 0 fully saturated rings. The van der Waals surface area contributed by atoms with Gasteiger partial charge < -0.3 is 5.32 Å². The number of aromatic amines is 1. The number of carbonyl (C=O) groups is 1. The minimum absolute atomic E-state index is 0.0286. The largest absolute Gasteiger partial charge is 0.416 e. The molecule has 0 aliphatic rings. The van der Waals surface area contributed by atoms with Crippen LogP contribution in [-0.2, 0) is 6.18 Å². The van der Waals surface area contributed by atoms with Gasteiger partial charge in [-0.1, -0.05) is 48.2 Å². The van der Waals surface area contributed by atoms with Crippen LogP contribution in [0.25, 0.3) is 11.4 Å². The molecule has 0 aliphatic heterocycles. The summed E-state index contributed by atoms with van der Waals surface area (Å²) < 4.78 is 38.1. The summed E-state index contributed by atoms with van der Waals surface area (Å²) in [5.41, 5.74) is 0.0347. The van der Waals surface area contributed by atoms with Crippen molar-refractivity contribution in [2.45, 2.75) is 11.3 Å². The number of hydrogen-bond acceptors (Lipinski definition) is 4. The Kier molecular flexibility index (Phi) is 5.80. The van der Waals surface area contributed by atoms with E-state index in [2.05, 4.69) is 20.5 Å². The zero-order valence-corrected chi connectivity index (χ0v) is 14.8. The normalized spacial score (nSPS) is 11.4. The van der Waals surface area contributed by atoms with E-state index in [-0.39, 0.29) is 12.1 Å². The Balaban J connectivity index is 1.49. The minimum Gasteiger partial charge on any atom is -0.351 e. The number of hydrogen-bond donors (Lipinski definition) is 2. The predicted octanol–water partition coefficient (Wildman–Crippen LogP) is 4.01. The molecule has 0 bridgehead atoms. The Morgan fingerprint density at radius 2 is 1.89 bits per heavy atom. The van der Waals surface area contributed by atoms with Gasteiger partial charge in [-0.25, -0.2) is 4.98 Å². The number of carbonyl (C=O) groups excluding carboxylic acids is 1. The standard InChI is InChI=1S/C18H15F3N4OS/c19-18(20,21)14-8-4-7-13(11-14)16(26)22-9-10-27-17-23-15(24-25-17)12-5-2-1-3-6-12/h1-8,11H,9-10H2,(H,22,26)(H,23,24,25). The van der Waals surface area contributed by atoms with Crippen LogP contribution in [-0.4, -0.2) is 33.4 Å². The molecule has 1 aromatic heterocycles. The third-order valence-electron chi connectivity index (χ3n) is 3.58. The van der Waals surface area contributed by atoms with Gasteiger partial charge in [-0.05, 0) is 18.2 Å². The van der Waals surface area contributed by atoms with Gasteiger partial charge in [0.15, 0.2) is 5.82 Å². The minimum atomic E-state index is -4.48. The Morgan fingerprint density at radius 1 is 1.11 bits per heavy atom. The van der Waals surface area contributed by atoms with Gasteiger partial charge in [0.05, 0.1) is 5.56 Å². The molecule has 140 valence electrons. The lowest BCUT2D eigenvalue weighted by molar-refractivity contribution is -0.137. The number of benzene rings is 2. The van der Waals surface area contributed by atoms with Gasteiger partial charge in [-0.3, -0.25) is 9.89 Å². The lowest BCUT2D eigenvalue weighted by Crippen LogP contribution is -2.26. The average Bonchev–Trinajstić information content (AvgIpc) is 3.14. The second kappa shape index (κ2) is 8.26. The molecule has 0 unspecified atom stereocenters. The summed E-state index contributed by atoms with van der Waals surface area (Å²) in [5, 5.41) is 10.1. The first-order valence-corrected chi connectivity index (χ1v) is 8.98. The highest BCUT2D eigenvalue weighted by molar-refractivity contribution is 7.99. The number of thioether (sulfide) groups is 1. The zero-order chi connectivity index (χ0) is 19.3. The third-order valence-corrected chi connectivity index (χ3v) is 4.43. The molecule has 0 radical (unpaired) electrons. The Bertz CT molecular complexity index is 912. The summed E-state index contributed by atoms with van der Waals surface area (Å²) in [6, 6.07) is 13.8. The van der Waals surface area contributed by atoms with E-state index in [0.717, 1.165) is 17.7 Å². The topological polar surface area (TPSA) is 70.7 Å². The summed E-state index contributed by atoms with van der Waals surface area (Å²) in [4.78, 5) is 16.4. The number of aromatic nitrogens is 3. The van der Waals surface area contributed by atoms with Crippen LogP contribution in [0.2, 0.25) is 0 Å². The highest BCUT2D eigenvalue weighted by Gasteiger charge is 2.30. The Morgan fingerprint density at radius 3 is 2.63 bits per heavy atom. The Hall–Kier alpha value is -2.81. The van der Waals surface area contributed by atoms with E-state index in [9.17, 15) is 18.0 Å². The molecule has 9 heteroatoms. The van der Waals surface area contributed by atoms with Crippen LogP contribution in [0.5, 0.6) is 0 Å². The lowest BCUT2D eigenvalue weighted by Gasteiger charge is -2.09. The first kappa shape index (κ1) is 19.0. The zero-order valence-electron chi connectivity index (χ0n) is 14.0. The van der Waals surface area contributed by atoms with Gasteiger partial charge >= 0.3 is 6.18 Å². The molecule has 0 atom stereocenters. The van der Waals surface area contributed by atoms with E-state index >= 15 is 0 Å². The molecular formula is C18H15F3N4OS. The maximum Gasteiger partial charge on any atom is 0.416 e. The smallest absolute Gasteiger partial charge is 0.351 e. The number of nitrogens with one attached hydrogen (secondary N) is 2. The molecule has 3 aromatic rings. The van der Waals surface area contributed by atoms with Crippen LogP contribution in [0.3, 0.4) is 0 Å². The van der Waals surface area contributed by atoms with Crippen molar-refractivity contribution in [1.82, 2.24) is 20.5 Å². The summed E-state index contributed by atoms with van der Waals surface area (Å²) in [7, 11) is 0. The van der Waals surface area contributed by atoms with Gasteiger partial charge in [-0.2, -0.15) is 13.2 Å². The summed E-state index contributed by atoms with van der Waals surface area (Å²) in [6.07, 6.45) is -4.48. The predicted molar refractivity (Wildman–Crippen MR) is 96.3 cm³/mol. The third kappa shape index (κ3) is 5.10. The molecule has 27 heavy (non-hydrogen) atoms. The number of amides is 1. The molecule has 3 rings (SSSR count). The van der Waals surface area contributed by atoms with Crippen LogP contribution in [0.1, 0.15) is 15.9 Å². The molecule has 0 spiro atoms. The van der Waals surface area contributed by atoms with Crippen LogP contribution < -0.4 is 5.32 Å². The molecule has 0 aliphatic carbocycles. The number of H-pyrrole nitrogens is 1. The summed E-state index contributed by atoms with van der Waals surface area (Å²) >= 11 is 1.33. The van der Waals surface area contributed by atoms with Gasteiger partial charge in [0.2, 0.25) is 5.16 Å². The summed E-state index contributed by atoms with van der Waals surface area (Å²) in [5.74, 6) is 0.573. The van der Waals surface area contributed by atoms with Crippen molar-refractivity contribution in [2.75, 3.05) is 12.3 Å². The van der Waals surface area contributed by atoms with Crippen LogP contribution >= 0.6 is 11.8 Å². The van der Waals surface area contributed by atoms with E-state index in [1.807, 2.05) is 30.3 Å². The van der Waals surface area contributed by atoms with Gasteiger partial charge in [0.25, 0.3) is 5.91 Å². The molecule has 0 saturated heterocycles. The summed E-state index contributed by atoms with van der Waals surface area (Å²) in [6.45, 7) is 0.273. The fourth-order valence-corrected chi connectivity index (χ4v) is 2.93. The van der Waals surface area contributed by atoms with E-state index in [1.54, 1.807) is 0 Å². The first-order chi connectivity index (χ1) is 12.9. The van der Waals surface area contributed by atoms with Crippen molar-refractivity contribution in [2.24, 2.45) is 0 Å². The molecule has 5 nitrogen and oxygen atoms in total. The van der Waals surface area contributed by atoms with Crippen LogP contribution in [0.15, 0.2) is 59.8 Å². The molecule has 2 N–H and O–H groups in total. The Labute approximate surface area is 157 Å². The fourth-order valence-electron chi connectivity index (χ4n) is 2.28. The van der Waals surface area contributed by atoms with Crippen molar-refractivity contribution < 1.29 is 18.0 Å². The quantitative estimate of drug-likeness (QED) is 0.491. The molecule has 2 aromatic carbocycles. The average molecular weight is 392 g/mol. The molecule has 1 amide bonds. The number of halogens is 3. The molecule has 0 saturated carbocycles. The lowest BCUT2D eigenvalue weighted by atomic mass is 10.1. The van der Waals surface area contributed by atoms with Crippen molar-refractivity contribution >= 4 is 17.7 Å². The van der Waals surface area contributed by atoms with Crippen LogP contribution in [0.4, 0.5) is 13.2 Å². The van der Waals surface area contributed by atoms with Gasteiger partial charge in [0, 0.05) is 23.4 Å². The van der Waals surface area contributed by atoms with Gasteiger partial charge in [0.1, 0.15) is 0 Å². The first-order valence-electron chi connectivity index (χ1n) is 7.99. The molecule has 1 heterocycles. The van der Waals surface area contributed by atoms with Crippen molar-refractivity contribution in [3.63, 3.8) is 0 Å². The number of alkyl halides is 3. The molecular weight excluding hydrogens is 377 g/mol. The second-order valence-corrected chi connectivity index (χ2v) is 6.58. The van der Waals surface area contributed by atoms with E-state index in [4.69, 9.17) is 0 Å². The maximum atomic E-state index is 12.7. The van der Waals surface area contributed by atoms with E-state index in [0.29, 0.717) is 16.7 Å². The van der Waals surface area contributed by atoms with Crippen molar-refractivity contribution in [1.29, 1.82) is 0 Å². The fraction of sp³-hybridized carbons (Fsp3) is 0.167. The second-order valence-electron chi connectivity index (χ2n) is 5.52. The van der Waals surface area contributed by atoms with E-state index < -0.39 is 17.6 Å². The van der Waals surface area contributed by atoms with Crippen LogP contribution in [0, 0.1) is 0 Å². The SMILES string of the molecule is O=C(NCCSc1n[nH]c(-c2ccccc2)n1)c1cccc(C(F)(F)F)c1. The highest BCUT2D eigenvalue weighted by Crippen LogP contribution is 2.29. The maximum absolute atomic E-state index is 12.7. The van der Waals surface area contributed by atoms with E-state index in [1.165, 1.54) is 23.9 Å². The highest BCUT2D eigenvalue weighted by atomic mass is 32.2. The number of rotatable bonds is 6. The van der Waals surface area contributed by atoms with Gasteiger partial charge in [-0.15, -0.1) is 5.10 Å².